The monoisotopic (exact) mass is 272 g/mol. The molecule has 0 aliphatic carbocycles. The van der Waals surface area contributed by atoms with Gasteiger partial charge in [-0.2, -0.15) is 22.0 Å². The fourth-order valence-electron chi connectivity index (χ4n) is 0.684. The summed E-state index contributed by atoms with van der Waals surface area (Å²) in [5, 5.41) is 0. The van der Waals surface area contributed by atoms with E-state index in [1.807, 2.05) is 0 Å². The summed E-state index contributed by atoms with van der Waals surface area (Å²) in [5.41, 5.74) is -1.37. The largest absolute Gasteiger partial charge is 0.453 e. The normalized spacial score (nSPS) is 11.9. The van der Waals surface area contributed by atoms with Gasteiger partial charge in [-0.05, 0) is 6.92 Å². The standard InChI is InChI=1S/C10H9F5O3/c1-5(2)7(16)18-8(17)6(3)4-9(11,12)10(13,14)15/h1,3-4H2,2H3. The zero-order valence-corrected chi connectivity index (χ0v) is 9.24. The van der Waals surface area contributed by atoms with Crippen molar-refractivity contribution >= 4 is 11.9 Å². The first-order valence-electron chi connectivity index (χ1n) is 4.43. The van der Waals surface area contributed by atoms with Crippen molar-refractivity contribution < 1.29 is 36.3 Å². The van der Waals surface area contributed by atoms with Gasteiger partial charge in [-0.3, -0.25) is 0 Å². The number of carbonyl (C=O) groups is 2. The van der Waals surface area contributed by atoms with Crippen molar-refractivity contribution in [2.45, 2.75) is 25.4 Å². The van der Waals surface area contributed by atoms with E-state index in [0.29, 0.717) is 0 Å². The van der Waals surface area contributed by atoms with Crippen LogP contribution in [-0.4, -0.2) is 24.0 Å². The lowest BCUT2D eigenvalue weighted by Crippen LogP contribution is -2.37. The van der Waals surface area contributed by atoms with E-state index in [0.717, 1.165) is 0 Å². The molecule has 102 valence electrons. The molecule has 0 rings (SSSR count). The van der Waals surface area contributed by atoms with Crippen LogP contribution in [0.5, 0.6) is 0 Å². The minimum Gasteiger partial charge on any atom is -0.386 e. The molecule has 0 fully saturated rings. The summed E-state index contributed by atoms with van der Waals surface area (Å²) in [6, 6.07) is 0. The number of hydrogen-bond acceptors (Lipinski definition) is 3. The second-order valence-corrected chi connectivity index (χ2v) is 3.44. The second-order valence-electron chi connectivity index (χ2n) is 3.44. The predicted octanol–water partition coefficient (Wildman–Crippen LogP) is 2.78. The Labute approximate surface area is 98.9 Å². The molecule has 0 saturated heterocycles. The zero-order chi connectivity index (χ0) is 14.7. The number of carbonyl (C=O) groups excluding carboxylic acids is 2. The Morgan fingerprint density at radius 1 is 1.06 bits per heavy atom. The maximum Gasteiger partial charge on any atom is 0.453 e. The third kappa shape index (κ3) is 4.27. The topological polar surface area (TPSA) is 43.4 Å². The maximum absolute atomic E-state index is 12.5. The highest BCUT2D eigenvalue weighted by Crippen LogP contribution is 2.39. The van der Waals surface area contributed by atoms with Gasteiger partial charge in [0.05, 0.1) is 6.42 Å². The molecule has 0 unspecified atom stereocenters. The Bertz CT molecular complexity index is 395. The highest BCUT2D eigenvalue weighted by Gasteiger charge is 2.57. The third-order valence-electron chi connectivity index (χ3n) is 1.67. The predicted molar refractivity (Wildman–Crippen MR) is 50.7 cm³/mol. The Kier molecular flexibility index (Phi) is 4.77. The van der Waals surface area contributed by atoms with Crippen LogP contribution < -0.4 is 0 Å². The summed E-state index contributed by atoms with van der Waals surface area (Å²) in [6.45, 7) is 7.00. The molecular formula is C10H9F5O3. The van der Waals surface area contributed by atoms with Gasteiger partial charge in [0.1, 0.15) is 0 Å². The molecule has 0 aliphatic rings. The zero-order valence-electron chi connectivity index (χ0n) is 9.24. The van der Waals surface area contributed by atoms with E-state index in [2.05, 4.69) is 17.9 Å². The Hall–Kier alpha value is -1.73. The molecular weight excluding hydrogens is 263 g/mol. The average molecular weight is 272 g/mol. The number of alkyl halides is 5. The van der Waals surface area contributed by atoms with Gasteiger partial charge in [-0.15, -0.1) is 0 Å². The van der Waals surface area contributed by atoms with Crippen LogP contribution in [0.1, 0.15) is 13.3 Å². The molecule has 0 radical (unpaired) electrons. The third-order valence-corrected chi connectivity index (χ3v) is 1.67. The fraction of sp³-hybridized carbons (Fsp3) is 0.400. The van der Waals surface area contributed by atoms with Crippen LogP contribution in [0.25, 0.3) is 0 Å². The van der Waals surface area contributed by atoms with E-state index in [9.17, 15) is 31.5 Å². The van der Waals surface area contributed by atoms with Crippen LogP contribution >= 0.6 is 0 Å². The van der Waals surface area contributed by atoms with Crippen molar-refractivity contribution in [3.8, 4) is 0 Å². The van der Waals surface area contributed by atoms with Crippen molar-refractivity contribution in [1.82, 2.24) is 0 Å². The Morgan fingerprint density at radius 3 is 1.83 bits per heavy atom. The highest BCUT2D eigenvalue weighted by atomic mass is 19.4. The first-order chi connectivity index (χ1) is 7.88. The Balaban J connectivity index is 4.66. The quantitative estimate of drug-likeness (QED) is 0.342. The number of hydrogen-bond donors (Lipinski definition) is 0. The number of ether oxygens (including phenoxy) is 1. The number of esters is 2. The lowest BCUT2D eigenvalue weighted by molar-refractivity contribution is -0.281. The number of halogens is 5. The highest BCUT2D eigenvalue weighted by molar-refractivity contribution is 6.01. The van der Waals surface area contributed by atoms with Crippen molar-refractivity contribution in [3.63, 3.8) is 0 Å². The lowest BCUT2D eigenvalue weighted by atomic mass is 10.1. The van der Waals surface area contributed by atoms with E-state index >= 15 is 0 Å². The molecule has 8 heteroatoms. The molecule has 0 bridgehead atoms. The lowest BCUT2D eigenvalue weighted by Gasteiger charge is -2.19. The van der Waals surface area contributed by atoms with E-state index in [4.69, 9.17) is 0 Å². The van der Waals surface area contributed by atoms with Crippen LogP contribution in [0.3, 0.4) is 0 Å². The van der Waals surface area contributed by atoms with Gasteiger partial charge >= 0.3 is 24.0 Å². The number of rotatable bonds is 4. The van der Waals surface area contributed by atoms with Gasteiger partial charge in [0.25, 0.3) is 0 Å². The summed E-state index contributed by atoms with van der Waals surface area (Å²) in [4.78, 5) is 21.8. The molecule has 0 N–H and O–H groups in total. The van der Waals surface area contributed by atoms with Crippen LogP contribution in [0.2, 0.25) is 0 Å². The Morgan fingerprint density at radius 2 is 1.50 bits per heavy atom. The van der Waals surface area contributed by atoms with Crippen molar-refractivity contribution in [2.24, 2.45) is 0 Å². The maximum atomic E-state index is 12.5. The first-order valence-corrected chi connectivity index (χ1v) is 4.43. The van der Waals surface area contributed by atoms with Crippen LogP contribution in [0, 0.1) is 0 Å². The molecule has 0 aromatic rings. The molecule has 0 aromatic heterocycles. The fourth-order valence-corrected chi connectivity index (χ4v) is 0.684. The molecule has 0 saturated carbocycles. The van der Waals surface area contributed by atoms with Crippen LogP contribution in [0.15, 0.2) is 24.3 Å². The van der Waals surface area contributed by atoms with E-state index in [1.54, 1.807) is 0 Å². The van der Waals surface area contributed by atoms with Gasteiger partial charge in [-0.1, -0.05) is 13.2 Å². The van der Waals surface area contributed by atoms with Gasteiger partial charge in [-0.25, -0.2) is 9.59 Å². The van der Waals surface area contributed by atoms with Gasteiger partial charge in [0.15, 0.2) is 0 Å². The van der Waals surface area contributed by atoms with Crippen molar-refractivity contribution in [3.05, 3.63) is 24.3 Å². The van der Waals surface area contributed by atoms with Crippen LogP contribution in [0.4, 0.5) is 22.0 Å². The van der Waals surface area contributed by atoms with Crippen molar-refractivity contribution in [2.75, 3.05) is 0 Å². The molecule has 0 spiro atoms. The minimum atomic E-state index is -5.81. The summed E-state index contributed by atoms with van der Waals surface area (Å²) >= 11 is 0. The first kappa shape index (κ1) is 16.3. The average Bonchev–Trinajstić information content (AvgIpc) is 2.14. The molecule has 0 aromatic carbocycles. The SMILES string of the molecule is C=C(C)C(=O)OC(=O)C(=C)CC(F)(F)C(F)(F)F. The van der Waals surface area contributed by atoms with E-state index < -0.39 is 36.0 Å². The molecule has 0 aliphatic heterocycles. The van der Waals surface area contributed by atoms with Gasteiger partial charge < -0.3 is 4.74 Å². The molecule has 18 heavy (non-hydrogen) atoms. The summed E-state index contributed by atoms with van der Waals surface area (Å²) in [6.07, 6.45) is -7.78. The summed E-state index contributed by atoms with van der Waals surface area (Å²) < 4.78 is 64.5. The van der Waals surface area contributed by atoms with E-state index in [-0.39, 0.29) is 5.57 Å². The van der Waals surface area contributed by atoms with Crippen LogP contribution in [-0.2, 0) is 14.3 Å². The smallest absolute Gasteiger partial charge is 0.386 e. The molecule has 0 atom stereocenters. The second kappa shape index (κ2) is 5.28. The van der Waals surface area contributed by atoms with E-state index in [1.165, 1.54) is 6.92 Å². The summed E-state index contributed by atoms with van der Waals surface area (Å²) in [7, 11) is 0. The minimum absolute atomic E-state index is 0.210. The molecule has 0 heterocycles. The van der Waals surface area contributed by atoms with Gasteiger partial charge in [0.2, 0.25) is 0 Å². The molecule has 3 nitrogen and oxygen atoms in total. The summed E-state index contributed by atoms with van der Waals surface area (Å²) in [5.74, 6) is -7.99. The van der Waals surface area contributed by atoms with Gasteiger partial charge in [0, 0.05) is 11.1 Å². The van der Waals surface area contributed by atoms with Crippen molar-refractivity contribution in [1.29, 1.82) is 0 Å². The molecule has 0 amide bonds.